The van der Waals surface area contributed by atoms with E-state index in [1.807, 2.05) is 72.8 Å². The Hall–Kier alpha value is -4.72. The first-order valence-corrected chi connectivity index (χ1v) is 20.3. The normalized spacial score (nSPS) is 28.3. The number of hydrogen-bond acceptors (Lipinski definition) is 9. The van der Waals surface area contributed by atoms with E-state index in [0.29, 0.717) is 37.8 Å². The van der Waals surface area contributed by atoms with Crippen LogP contribution in [0.2, 0.25) is 0 Å². The van der Waals surface area contributed by atoms with E-state index in [1.165, 1.54) is 4.90 Å². The summed E-state index contributed by atoms with van der Waals surface area (Å²) < 4.78 is 33.4. The van der Waals surface area contributed by atoms with E-state index in [2.05, 4.69) is 20.5 Å². The summed E-state index contributed by atoms with van der Waals surface area (Å²) >= 11 is 0. The van der Waals surface area contributed by atoms with E-state index >= 15 is 0 Å². The molecule has 2 aromatic rings. The summed E-state index contributed by atoms with van der Waals surface area (Å²) in [5.41, 5.74) is 0.720. The van der Waals surface area contributed by atoms with Crippen molar-refractivity contribution in [3.63, 3.8) is 0 Å². The summed E-state index contributed by atoms with van der Waals surface area (Å²) in [5, 5.41) is 9.61. The minimum Gasteiger partial charge on any atom is -0.446 e. The average Bonchev–Trinajstić information content (AvgIpc) is 4.06. The van der Waals surface area contributed by atoms with Gasteiger partial charge in [-0.05, 0) is 57.8 Å². The maximum Gasteiger partial charge on any atom is 0.408 e. The third-order valence-corrected chi connectivity index (χ3v) is 12.7. The number of benzene rings is 2. The molecule has 1 unspecified atom stereocenters. The van der Waals surface area contributed by atoms with Crippen molar-refractivity contribution in [1.29, 1.82) is 0 Å². The van der Waals surface area contributed by atoms with Gasteiger partial charge in [-0.15, -0.1) is 0 Å². The van der Waals surface area contributed by atoms with Gasteiger partial charge in [0.25, 0.3) is 5.91 Å². The van der Waals surface area contributed by atoms with Crippen molar-refractivity contribution in [2.75, 3.05) is 6.54 Å². The molecule has 14 heteroatoms. The Bertz CT molecular complexity index is 1810. The molecule has 5 aliphatic rings. The van der Waals surface area contributed by atoms with Crippen LogP contribution in [-0.2, 0) is 34.0 Å². The van der Waals surface area contributed by atoms with Crippen molar-refractivity contribution >= 4 is 39.5 Å². The smallest absolute Gasteiger partial charge is 0.408 e. The van der Waals surface area contributed by atoms with Crippen LogP contribution >= 0.6 is 0 Å². The number of hydrogen-bond donors (Lipinski definition) is 3. The lowest BCUT2D eigenvalue weighted by Crippen LogP contribution is -2.58. The molecule has 0 radical (unpaired) electrons. The maximum absolute atomic E-state index is 14.4. The van der Waals surface area contributed by atoms with Crippen LogP contribution in [0.4, 0.5) is 4.79 Å². The molecule has 0 bridgehead atoms. The zero-order valence-corrected chi connectivity index (χ0v) is 30.5. The number of allylic oxidation sites excluding steroid dienone is 1. The van der Waals surface area contributed by atoms with Gasteiger partial charge in [0.2, 0.25) is 21.8 Å². The van der Waals surface area contributed by atoms with Gasteiger partial charge < -0.3 is 25.1 Å². The van der Waals surface area contributed by atoms with Crippen LogP contribution in [0, 0.1) is 5.92 Å². The fourth-order valence-electron chi connectivity index (χ4n) is 7.25. The van der Waals surface area contributed by atoms with Crippen molar-refractivity contribution in [3.05, 3.63) is 83.9 Å². The number of alkyl carbamates (subject to hydrolysis) is 1. The minimum absolute atomic E-state index is 0.00822. The van der Waals surface area contributed by atoms with Crippen LogP contribution in [-0.4, -0.2) is 84.5 Å². The highest BCUT2D eigenvalue weighted by Gasteiger charge is 2.62. The molecule has 53 heavy (non-hydrogen) atoms. The number of nitrogens with zero attached hydrogens (tertiary/aromatic N) is 2. The molecule has 1 saturated heterocycles. The molecule has 4 amide bonds. The highest BCUT2D eigenvalue weighted by atomic mass is 32.2. The zero-order valence-electron chi connectivity index (χ0n) is 29.7. The number of nitrogens with one attached hydrogen (secondary N) is 3. The van der Waals surface area contributed by atoms with Gasteiger partial charge in [-0.2, -0.15) is 0 Å². The molecule has 5 atom stereocenters. The second-order valence-electron chi connectivity index (χ2n) is 14.8. The first kappa shape index (κ1) is 36.6. The summed E-state index contributed by atoms with van der Waals surface area (Å²) in [5.74, 6) is -2.27. The van der Waals surface area contributed by atoms with Crippen molar-refractivity contribution in [2.24, 2.45) is 11.1 Å². The van der Waals surface area contributed by atoms with E-state index in [9.17, 15) is 27.6 Å². The fraction of sp³-hybridized carbons (Fsp3) is 0.513. The second-order valence-corrected chi connectivity index (χ2v) is 16.8. The molecule has 13 nitrogen and oxygen atoms in total. The van der Waals surface area contributed by atoms with Crippen LogP contribution in [0.25, 0.3) is 0 Å². The van der Waals surface area contributed by atoms with Gasteiger partial charge in [-0.1, -0.05) is 90.8 Å². The number of amides is 4. The standard InChI is InChI=1S/C39H47N5O8S/c45-35-33-23-30(52-42-34(26-13-6-4-7-14-26)27-15-8-5-9-16-27)25-44(33)36(46)32(40-38(48)51-29-18-12-19-29)20-11-3-1-2-10-17-28-24-39(28,41-35)37(47)43-53(49,50)31-21-22-31/h4-10,13-17,28-33H,1-3,11-12,18-25H2,(H,40,48)(H,41,45)(H,43,47)/b17-10-/t28-,30-,32+,33+,39?/m1/s1. The van der Waals surface area contributed by atoms with Gasteiger partial charge >= 0.3 is 6.09 Å². The quantitative estimate of drug-likeness (QED) is 0.196. The topological polar surface area (TPSA) is 173 Å². The molecule has 0 aromatic heterocycles. The molecule has 3 N–H and O–H groups in total. The third-order valence-electron chi connectivity index (χ3n) is 10.8. The number of carbonyl (C=O) groups is 4. The van der Waals surface area contributed by atoms with Crippen molar-refractivity contribution < 1.29 is 37.2 Å². The molecular weight excluding hydrogens is 699 g/mol. The zero-order chi connectivity index (χ0) is 37.0. The average molecular weight is 746 g/mol. The van der Waals surface area contributed by atoms with Crippen molar-refractivity contribution in [2.45, 2.75) is 112 Å². The van der Waals surface area contributed by atoms with Crippen molar-refractivity contribution in [1.82, 2.24) is 20.3 Å². The number of fused-ring (bicyclic) bond motifs is 2. The molecule has 3 aliphatic carbocycles. The summed E-state index contributed by atoms with van der Waals surface area (Å²) in [4.78, 5) is 62.9. The molecule has 7 rings (SSSR count). The summed E-state index contributed by atoms with van der Waals surface area (Å²) in [7, 11) is -3.88. The van der Waals surface area contributed by atoms with Gasteiger partial charge in [-0.25, -0.2) is 13.2 Å². The van der Waals surface area contributed by atoms with E-state index in [4.69, 9.17) is 9.57 Å². The lowest BCUT2D eigenvalue weighted by atomic mass is 9.96. The lowest BCUT2D eigenvalue weighted by Gasteiger charge is -2.30. The Labute approximate surface area is 310 Å². The van der Waals surface area contributed by atoms with Crippen LogP contribution in [0.5, 0.6) is 0 Å². The number of ether oxygens (including phenoxy) is 1. The first-order chi connectivity index (χ1) is 25.6. The summed E-state index contributed by atoms with van der Waals surface area (Å²) in [6.45, 7) is -0.00822. The predicted octanol–water partition coefficient (Wildman–Crippen LogP) is 4.08. The Morgan fingerprint density at radius 2 is 1.57 bits per heavy atom. The number of sulfonamides is 1. The molecule has 4 fully saturated rings. The van der Waals surface area contributed by atoms with Crippen LogP contribution < -0.4 is 15.4 Å². The molecule has 0 spiro atoms. The summed E-state index contributed by atoms with van der Waals surface area (Å²) in [6.07, 6.45) is 9.33. The van der Waals surface area contributed by atoms with E-state index in [0.717, 1.165) is 43.2 Å². The maximum atomic E-state index is 14.4. The number of rotatable bonds is 9. The molecule has 282 valence electrons. The molecule has 2 aliphatic heterocycles. The second kappa shape index (κ2) is 15.7. The van der Waals surface area contributed by atoms with E-state index in [1.54, 1.807) is 0 Å². The largest absolute Gasteiger partial charge is 0.446 e. The van der Waals surface area contributed by atoms with E-state index < -0.39 is 68.7 Å². The monoisotopic (exact) mass is 745 g/mol. The van der Waals surface area contributed by atoms with Gasteiger partial charge in [0, 0.05) is 23.5 Å². The molecule has 2 aromatic carbocycles. The van der Waals surface area contributed by atoms with Gasteiger partial charge in [0.1, 0.15) is 35.5 Å². The first-order valence-electron chi connectivity index (χ1n) is 18.8. The highest BCUT2D eigenvalue weighted by Crippen LogP contribution is 2.46. The Kier molecular flexibility index (Phi) is 10.9. The SMILES string of the molecule is O=C(N[C@H]1CCCCC/C=C\[C@@H]2CC2(C(=O)NS(=O)(=O)C2CC2)NC(=O)[C@@H]2C[C@@H](ON=C(c3ccccc3)c3ccccc3)CN2C1=O)OC1CCC1. The lowest BCUT2D eigenvalue weighted by molar-refractivity contribution is -0.141. The van der Waals surface area contributed by atoms with Crippen LogP contribution in [0.1, 0.15) is 88.2 Å². The van der Waals surface area contributed by atoms with Crippen LogP contribution in [0.15, 0.2) is 78.0 Å². The third kappa shape index (κ3) is 8.58. The summed E-state index contributed by atoms with van der Waals surface area (Å²) in [6, 6.07) is 17.0. The number of carbonyl (C=O) groups excluding carboxylic acids is 4. The highest BCUT2D eigenvalue weighted by molar-refractivity contribution is 7.91. The number of oxime groups is 1. The van der Waals surface area contributed by atoms with Gasteiger partial charge in [-0.3, -0.25) is 19.1 Å². The predicted molar refractivity (Wildman–Crippen MR) is 196 cm³/mol. The minimum atomic E-state index is -3.88. The Balaban J connectivity index is 1.17. The van der Waals surface area contributed by atoms with Crippen molar-refractivity contribution in [3.8, 4) is 0 Å². The molecular formula is C39H47N5O8S. The van der Waals surface area contributed by atoms with Gasteiger partial charge in [0.15, 0.2) is 0 Å². The fourth-order valence-corrected chi connectivity index (χ4v) is 8.61. The van der Waals surface area contributed by atoms with E-state index in [-0.39, 0.29) is 25.5 Å². The van der Waals surface area contributed by atoms with Crippen LogP contribution in [0.3, 0.4) is 0 Å². The Morgan fingerprint density at radius 3 is 2.21 bits per heavy atom. The van der Waals surface area contributed by atoms with Gasteiger partial charge in [0.05, 0.1) is 11.8 Å². The molecule has 2 heterocycles. The Morgan fingerprint density at radius 1 is 0.868 bits per heavy atom. The molecule has 3 saturated carbocycles.